The third-order valence-corrected chi connectivity index (χ3v) is 2.87. The molecule has 0 saturated carbocycles. The van der Waals surface area contributed by atoms with E-state index in [1.807, 2.05) is 6.08 Å². The molecule has 4 nitrogen and oxygen atoms in total. The quantitative estimate of drug-likeness (QED) is 0.446. The monoisotopic (exact) mass is 219 g/mol. The van der Waals surface area contributed by atoms with Crippen molar-refractivity contribution in [3.63, 3.8) is 0 Å². The highest BCUT2D eigenvalue weighted by molar-refractivity contribution is 5.34. The first-order chi connectivity index (χ1) is 7.72. The van der Waals surface area contributed by atoms with Crippen LogP contribution < -0.4 is 0 Å². The van der Waals surface area contributed by atoms with Gasteiger partial charge in [-0.2, -0.15) is 0 Å². The van der Waals surface area contributed by atoms with Crippen LogP contribution in [0, 0.1) is 16.0 Å². The maximum atomic E-state index is 10.5. The average Bonchev–Trinajstić information content (AvgIpc) is 2.77. The third kappa shape index (κ3) is 1.97. The number of hydrogen-bond acceptors (Lipinski definition) is 3. The first kappa shape index (κ1) is 10.8. The van der Waals surface area contributed by atoms with Crippen molar-refractivity contribution in [3.8, 4) is 0 Å². The van der Waals surface area contributed by atoms with E-state index in [0.717, 1.165) is 18.6 Å². The molecule has 0 amide bonds. The van der Waals surface area contributed by atoms with Crippen LogP contribution in [0.5, 0.6) is 0 Å². The van der Waals surface area contributed by atoms with Crippen LogP contribution in [0.15, 0.2) is 36.9 Å². The van der Waals surface area contributed by atoms with Crippen molar-refractivity contribution >= 4 is 5.69 Å². The zero-order valence-electron chi connectivity index (χ0n) is 8.83. The van der Waals surface area contributed by atoms with E-state index in [0.29, 0.717) is 5.92 Å². The van der Waals surface area contributed by atoms with E-state index in [4.69, 9.17) is 4.74 Å². The number of nitro benzene ring substituents is 1. The normalized spacial score (nSPS) is 24.2. The third-order valence-electron chi connectivity index (χ3n) is 2.87. The van der Waals surface area contributed by atoms with Gasteiger partial charge in [0.1, 0.15) is 0 Å². The summed E-state index contributed by atoms with van der Waals surface area (Å²) in [7, 11) is 0. The Morgan fingerprint density at radius 2 is 2.12 bits per heavy atom. The zero-order chi connectivity index (χ0) is 11.5. The Morgan fingerprint density at radius 1 is 1.44 bits per heavy atom. The Kier molecular flexibility index (Phi) is 3.01. The van der Waals surface area contributed by atoms with Gasteiger partial charge in [-0.1, -0.05) is 6.08 Å². The van der Waals surface area contributed by atoms with E-state index in [1.165, 1.54) is 12.1 Å². The summed E-state index contributed by atoms with van der Waals surface area (Å²) >= 11 is 0. The summed E-state index contributed by atoms with van der Waals surface area (Å²) in [5, 5.41) is 10.5. The van der Waals surface area contributed by atoms with Gasteiger partial charge in [-0.25, -0.2) is 0 Å². The minimum absolute atomic E-state index is 0.00157. The molecular weight excluding hydrogens is 206 g/mol. The molecule has 1 aliphatic heterocycles. The SMILES string of the molecule is C=C[C@H]1CCO[C@H]1c1ccc([N+](=O)[O-])cc1. The van der Waals surface area contributed by atoms with Crippen LogP contribution >= 0.6 is 0 Å². The van der Waals surface area contributed by atoms with Gasteiger partial charge in [0.25, 0.3) is 5.69 Å². The molecule has 1 heterocycles. The first-order valence-electron chi connectivity index (χ1n) is 5.21. The molecule has 2 rings (SSSR count). The summed E-state index contributed by atoms with van der Waals surface area (Å²) in [6.07, 6.45) is 2.85. The van der Waals surface area contributed by atoms with Crippen LogP contribution in [0.2, 0.25) is 0 Å². The van der Waals surface area contributed by atoms with Crippen LogP contribution in [0.3, 0.4) is 0 Å². The van der Waals surface area contributed by atoms with Gasteiger partial charge in [0.05, 0.1) is 11.0 Å². The van der Waals surface area contributed by atoms with E-state index >= 15 is 0 Å². The molecule has 0 aromatic heterocycles. The maximum Gasteiger partial charge on any atom is 0.269 e. The Bertz CT molecular complexity index is 399. The van der Waals surface area contributed by atoms with E-state index in [9.17, 15) is 10.1 Å². The molecule has 1 aromatic carbocycles. The van der Waals surface area contributed by atoms with Gasteiger partial charge in [-0.3, -0.25) is 10.1 Å². The minimum Gasteiger partial charge on any atom is -0.373 e. The molecule has 1 aromatic rings. The fourth-order valence-electron chi connectivity index (χ4n) is 1.98. The standard InChI is InChI=1S/C12H13NO3/c1-2-9-7-8-16-12(9)10-3-5-11(6-4-10)13(14)15/h2-6,9,12H,1,7-8H2/t9-,12+/m0/s1. The van der Waals surface area contributed by atoms with Gasteiger partial charge in [-0.05, 0) is 24.1 Å². The molecule has 2 atom stereocenters. The van der Waals surface area contributed by atoms with Gasteiger partial charge in [0, 0.05) is 24.7 Å². The molecule has 1 fully saturated rings. The Hall–Kier alpha value is -1.68. The predicted molar refractivity (Wildman–Crippen MR) is 60.1 cm³/mol. The van der Waals surface area contributed by atoms with E-state index in [1.54, 1.807) is 12.1 Å². The summed E-state index contributed by atoms with van der Waals surface area (Å²) in [5.41, 5.74) is 1.09. The zero-order valence-corrected chi connectivity index (χ0v) is 8.83. The molecule has 0 radical (unpaired) electrons. The van der Waals surface area contributed by atoms with Crippen LogP contribution in [0.4, 0.5) is 5.69 Å². The van der Waals surface area contributed by atoms with E-state index in [2.05, 4.69) is 6.58 Å². The second-order valence-corrected chi connectivity index (χ2v) is 3.83. The van der Waals surface area contributed by atoms with Crippen molar-refractivity contribution in [2.24, 2.45) is 5.92 Å². The van der Waals surface area contributed by atoms with Crippen LogP contribution in [0.1, 0.15) is 18.1 Å². The molecule has 0 unspecified atom stereocenters. The second-order valence-electron chi connectivity index (χ2n) is 3.83. The second kappa shape index (κ2) is 4.45. The Labute approximate surface area is 93.7 Å². The van der Waals surface area contributed by atoms with Crippen molar-refractivity contribution in [2.45, 2.75) is 12.5 Å². The minimum atomic E-state index is -0.399. The van der Waals surface area contributed by atoms with E-state index in [-0.39, 0.29) is 11.8 Å². The van der Waals surface area contributed by atoms with Crippen LogP contribution in [0.25, 0.3) is 0 Å². The predicted octanol–water partition coefficient (Wildman–Crippen LogP) is 2.86. The molecule has 0 bridgehead atoms. The number of non-ortho nitro benzene ring substituents is 1. The summed E-state index contributed by atoms with van der Waals surface area (Å²) < 4.78 is 5.60. The molecule has 16 heavy (non-hydrogen) atoms. The highest BCUT2D eigenvalue weighted by atomic mass is 16.6. The lowest BCUT2D eigenvalue weighted by Gasteiger charge is -2.15. The molecule has 0 aliphatic carbocycles. The largest absolute Gasteiger partial charge is 0.373 e. The molecular formula is C12H13NO3. The lowest BCUT2D eigenvalue weighted by Crippen LogP contribution is -2.04. The van der Waals surface area contributed by atoms with Crippen molar-refractivity contribution in [1.29, 1.82) is 0 Å². The molecule has 1 saturated heterocycles. The number of hydrogen-bond donors (Lipinski definition) is 0. The van der Waals surface area contributed by atoms with Crippen molar-refractivity contribution in [2.75, 3.05) is 6.61 Å². The van der Waals surface area contributed by atoms with E-state index < -0.39 is 4.92 Å². The molecule has 4 heteroatoms. The van der Waals surface area contributed by atoms with Crippen LogP contribution in [-0.2, 0) is 4.74 Å². The number of ether oxygens (including phenoxy) is 1. The lowest BCUT2D eigenvalue weighted by atomic mass is 9.95. The molecule has 84 valence electrons. The smallest absolute Gasteiger partial charge is 0.269 e. The van der Waals surface area contributed by atoms with Crippen molar-refractivity contribution in [1.82, 2.24) is 0 Å². The summed E-state index contributed by atoms with van der Waals surface area (Å²) in [5.74, 6) is 0.307. The average molecular weight is 219 g/mol. The van der Waals surface area contributed by atoms with Gasteiger partial charge < -0.3 is 4.74 Å². The number of benzene rings is 1. The summed E-state index contributed by atoms with van der Waals surface area (Å²) in [6, 6.07) is 6.53. The topological polar surface area (TPSA) is 52.4 Å². The highest BCUT2D eigenvalue weighted by Crippen LogP contribution is 2.35. The highest BCUT2D eigenvalue weighted by Gasteiger charge is 2.27. The Morgan fingerprint density at radius 3 is 2.69 bits per heavy atom. The summed E-state index contributed by atoms with van der Waals surface area (Å²) in [6.45, 7) is 4.50. The van der Waals surface area contributed by atoms with Crippen molar-refractivity contribution < 1.29 is 9.66 Å². The van der Waals surface area contributed by atoms with Crippen molar-refractivity contribution in [3.05, 3.63) is 52.6 Å². The fourth-order valence-corrected chi connectivity index (χ4v) is 1.98. The lowest BCUT2D eigenvalue weighted by molar-refractivity contribution is -0.384. The molecule has 1 aliphatic rings. The first-order valence-corrected chi connectivity index (χ1v) is 5.21. The fraction of sp³-hybridized carbons (Fsp3) is 0.333. The number of rotatable bonds is 3. The summed E-state index contributed by atoms with van der Waals surface area (Å²) in [4.78, 5) is 10.1. The number of nitro groups is 1. The maximum absolute atomic E-state index is 10.5. The van der Waals surface area contributed by atoms with Gasteiger partial charge in [-0.15, -0.1) is 6.58 Å². The molecule has 0 spiro atoms. The van der Waals surface area contributed by atoms with Gasteiger partial charge in [0.2, 0.25) is 0 Å². The van der Waals surface area contributed by atoms with Crippen LogP contribution in [-0.4, -0.2) is 11.5 Å². The van der Waals surface area contributed by atoms with Gasteiger partial charge in [0.15, 0.2) is 0 Å². The van der Waals surface area contributed by atoms with Gasteiger partial charge >= 0.3 is 0 Å². The Balaban J connectivity index is 2.21. The number of nitrogens with zero attached hydrogens (tertiary/aromatic N) is 1. The molecule has 0 N–H and O–H groups in total.